The number of rotatable bonds is 75. The summed E-state index contributed by atoms with van der Waals surface area (Å²) in [6.07, 6.45) is 106. The van der Waals surface area contributed by atoms with E-state index in [-0.39, 0.29) is 25.7 Å². The van der Waals surface area contributed by atoms with Crippen molar-refractivity contribution in [1.82, 2.24) is 0 Å². The number of carbonyl (C=O) groups is 4. The number of phosphoric acid groups is 2. The van der Waals surface area contributed by atoms with Gasteiger partial charge < -0.3 is 33.8 Å². The van der Waals surface area contributed by atoms with Crippen LogP contribution in [0.25, 0.3) is 0 Å². The van der Waals surface area contributed by atoms with E-state index in [4.69, 9.17) is 37.0 Å². The molecule has 19 heteroatoms. The average molecular weight is 1600 g/mol. The van der Waals surface area contributed by atoms with Gasteiger partial charge in [-0.1, -0.05) is 291 Å². The van der Waals surface area contributed by atoms with E-state index in [2.05, 4.69) is 240 Å². The Balaban J connectivity index is 5.56. The fourth-order valence-electron chi connectivity index (χ4n) is 9.96. The minimum absolute atomic E-state index is 0.0170. The van der Waals surface area contributed by atoms with Gasteiger partial charge in [0, 0.05) is 25.7 Å². The van der Waals surface area contributed by atoms with Gasteiger partial charge in [-0.15, -0.1) is 0 Å². The van der Waals surface area contributed by atoms with Crippen LogP contribution in [0.3, 0.4) is 0 Å². The molecular weight excluding hydrogens is 1450 g/mol. The molecule has 0 amide bonds. The van der Waals surface area contributed by atoms with Gasteiger partial charge in [0.2, 0.25) is 0 Å². The Morgan fingerprint density at radius 3 is 0.750 bits per heavy atom. The third-order valence-electron chi connectivity index (χ3n) is 16.1. The molecule has 0 rings (SSSR count). The second kappa shape index (κ2) is 82.1. The predicted octanol–water partition coefficient (Wildman–Crippen LogP) is 25.0. The summed E-state index contributed by atoms with van der Waals surface area (Å²) in [6.45, 7) is 4.20. The van der Waals surface area contributed by atoms with Crippen LogP contribution in [-0.4, -0.2) is 96.7 Å². The number of carbonyl (C=O) groups excluding carboxylic acids is 4. The summed E-state index contributed by atoms with van der Waals surface area (Å²) in [5.74, 6) is -2.40. The van der Waals surface area contributed by atoms with Gasteiger partial charge in [0.05, 0.1) is 26.4 Å². The molecule has 0 aromatic rings. The van der Waals surface area contributed by atoms with E-state index in [9.17, 15) is 43.2 Å². The van der Waals surface area contributed by atoms with Crippen molar-refractivity contribution in [2.75, 3.05) is 39.6 Å². The van der Waals surface area contributed by atoms with Crippen molar-refractivity contribution in [3.8, 4) is 0 Å². The number of aliphatic hydroxyl groups excluding tert-OH is 1. The summed E-state index contributed by atoms with van der Waals surface area (Å²) in [4.78, 5) is 73.2. The van der Waals surface area contributed by atoms with Crippen LogP contribution in [0.4, 0.5) is 0 Å². The maximum atomic E-state index is 13.1. The lowest BCUT2D eigenvalue weighted by molar-refractivity contribution is -0.161. The molecule has 0 bridgehead atoms. The van der Waals surface area contributed by atoms with Gasteiger partial charge in [0.1, 0.15) is 19.3 Å². The van der Waals surface area contributed by atoms with Crippen LogP contribution in [0.1, 0.15) is 272 Å². The van der Waals surface area contributed by atoms with E-state index in [0.29, 0.717) is 38.5 Å². The Morgan fingerprint density at radius 2 is 0.455 bits per heavy atom. The van der Waals surface area contributed by atoms with Crippen LogP contribution in [0.5, 0.6) is 0 Å². The van der Waals surface area contributed by atoms with Crippen molar-refractivity contribution in [3.05, 3.63) is 231 Å². The molecule has 0 saturated heterocycles. The first-order valence-electron chi connectivity index (χ1n) is 41.6. The van der Waals surface area contributed by atoms with Gasteiger partial charge in [-0.05, 0) is 186 Å². The summed E-state index contributed by atoms with van der Waals surface area (Å²) >= 11 is 0. The molecule has 0 fully saturated rings. The molecule has 5 unspecified atom stereocenters. The number of ether oxygens (including phenoxy) is 4. The van der Waals surface area contributed by atoms with Crippen LogP contribution in [0, 0.1) is 0 Å². The highest BCUT2D eigenvalue weighted by atomic mass is 31.2. The van der Waals surface area contributed by atoms with Gasteiger partial charge in [-0.2, -0.15) is 0 Å². The van der Waals surface area contributed by atoms with Crippen molar-refractivity contribution in [2.45, 2.75) is 290 Å². The molecule has 5 atom stereocenters. The minimum Gasteiger partial charge on any atom is -0.462 e. The lowest BCUT2D eigenvalue weighted by Crippen LogP contribution is -2.30. The Morgan fingerprint density at radius 1 is 0.250 bits per heavy atom. The smallest absolute Gasteiger partial charge is 0.462 e. The van der Waals surface area contributed by atoms with E-state index in [1.165, 1.54) is 0 Å². The van der Waals surface area contributed by atoms with Crippen molar-refractivity contribution in [2.24, 2.45) is 0 Å². The summed E-state index contributed by atoms with van der Waals surface area (Å²) < 4.78 is 68.6. The Hall–Kier alpha value is -6.88. The highest BCUT2D eigenvalue weighted by Crippen LogP contribution is 2.45. The van der Waals surface area contributed by atoms with Crippen molar-refractivity contribution in [3.63, 3.8) is 0 Å². The van der Waals surface area contributed by atoms with Crippen LogP contribution >= 0.6 is 15.6 Å². The minimum atomic E-state index is -5.03. The zero-order chi connectivity index (χ0) is 81.7. The van der Waals surface area contributed by atoms with Gasteiger partial charge in [0.25, 0.3) is 0 Å². The average Bonchev–Trinajstić information content (AvgIpc) is 0.898. The largest absolute Gasteiger partial charge is 0.472 e. The van der Waals surface area contributed by atoms with Crippen LogP contribution < -0.4 is 0 Å². The monoisotopic (exact) mass is 1590 g/mol. The van der Waals surface area contributed by atoms with Crippen LogP contribution in [0.2, 0.25) is 0 Å². The summed E-state index contributed by atoms with van der Waals surface area (Å²) in [5, 5.41) is 10.7. The Bertz CT molecular complexity index is 3040. The highest BCUT2D eigenvalue weighted by Gasteiger charge is 2.30. The van der Waals surface area contributed by atoms with Gasteiger partial charge in [0.15, 0.2) is 12.2 Å². The molecule has 3 N–H and O–H groups in total. The van der Waals surface area contributed by atoms with Gasteiger partial charge >= 0.3 is 39.5 Å². The van der Waals surface area contributed by atoms with Crippen molar-refractivity contribution in [1.29, 1.82) is 0 Å². The normalized spacial score (nSPS) is 15.0. The fraction of sp³-hybridized carbons (Fsp3) is 0.548. The molecular formula is C93H144O17P2. The maximum Gasteiger partial charge on any atom is 0.472 e. The molecule has 0 spiro atoms. The van der Waals surface area contributed by atoms with Crippen molar-refractivity contribution < 1.29 is 80.2 Å². The predicted molar refractivity (Wildman–Crippen MR) is 463 cm³/mol. The lowest BCUT2D eigenvalue weighted by atomic mass is 10.1. The third kappa shape index (κ3) is 81.1. The molecule has 0 aromatic carbocycles. The summed E-state index contributed by atoms with van der Waals surface area (Å²) in [7, 11) is -10.0. The molecule has 628 valence electrons. The summed E-state index contributed by atoms with van der Waals surface area (Å²) in [5.41, 5.74) is 0. The zero-order valence-corrected chi connectivity index (χ0v) is 70.5. The number of esters is 4. The molecule has 0 aliphatic carbocycles. The van der Waals surface area contributed by atoms with E-state index >= 15 is 0 Å². The second-order valence-electron chi connectivity index (χ2n) is 26.5. The maximum absolute atomic E-state index is 13.1. The van der Waals surface area contributed by atoms with Gasteiger partial charge in [-0.3, -0.25) is 37.3 Å². The standard InChI is InChI=1S/C93H144O17P2/c1-5-9-13-17-21-25-29-33-37-40-43-46-50-53-57-61-65-69-73-77-90(95)103-83-88(109-92(97)79-75-71-67-63-59-55-49-36-32-28-24-20-16-12-8-4)85-107-111(99,100)105-81-87(94)82-106-112(101,102)108-86-89(110-93(98)80-76-72-68-64-60-56-52-48-45-42-39-35-31-27-23-19-15-11-7-3)84-104-91(96)78-74-70-66-62-58-54-51-47-44-41-38-34-30-26-22-18-14-10-6-2/h9-16,21-28,33-39,43-49,54,56,58-60,63,66,70,87-89,94H,5-8,17-20,29-32,40-42,50-53,55,57,61-62,64-65,67-69,71-86H2,1-4H3,(H,99,100)(H,101,102)/b13-9-,14-10-,15-11-,16-12-,25-21-,26-22-,27-23-,28-24-,37-33-,38-34-,39-35-,46-43-,47-44-,48-45-,49-36-,58-54-,60-56-,63-59-,70-66-. The fourth-order valence-corrected chi connectivity index (χ4v) is 11.5. The molecule has 112 heavy (non-hydrogen) atoms. The molecule has 0 aliphatic heterocycles. The molecule has 0 aliphatic rings. The van der Waals surface area contributed by atoms with Crippen molar-refractivity contribution >= 4 is 39.5 Å². The molecule has 0 aromatic heterocycles. The molecule has 0 heterocycles. The first kappa shape index (κ1) is 105. The van der Waals surface area contributed by atoms with Gasteiger partial charge in [-0.25, -0.2) is 9.13 Å². The number of allylic oxidation sites excluding steroid dienone is 38. The second-order valence-corrected chi connectivity index (χ2v) is 29.4. The topological polar surface area (TPSA) is 237 Å². The first-order chi connectivity index (χ1) is 54.7. The summed E-state index contributed by atoms with van der Waals surface area (Å²) in [6, 6.07) is 0. The highest BCUT2D eigenvalue weighted by molar-refractivity contribution is 7.47. The van der Waals surface area contributed by atoms with E-state index in [1.54, 1.807) is 0 Å². The Labute approximate surface area is 676 Å². The quantitative estimate of drug-likeness (QED) is 0.0169. The number of hydrogen-bond acceptors (Lipinski definition) is 15. The molecule has 17 nitrogen and oxygen atoms in total. The van der Waals surface area contributed by atoms with E-state index < -0.39 is 97.5 Å². The lowest BCUT2D eigenvalue weighted by Gasteiger charge is -2.21. The Kier molecular flexibility index (Phi) is 77.1. The van der Waals surface area contributed by atoms with Crippen LogP contribution in [-0.2, 0) is 65.4 Å². The number of hydrogen-bond donors (Lipinski definition) is 3. The van der Waals surface area contributed by atoms with Crippen LogP contribution in [0.15, 0.2) is 231 Å². The molecule has 0 radical (unpaired) electrons. The van der Waals surface area contributed by atoms with E-state index in [1.807, 2.05) is 18.2 Å². The zero-order valence-electron chi connectivity index (χ0n) is 68.7. The third-order valence-corrected chi connectivity index (χ3v) is 18.0. The number of aliphatic hydroxyl groups is 1. The SMILES string of the molecule is CC/C=C\C/C=C\C/C=C\C/C=C\C/C=C\C/C=C\CCC(=O)OCC(COP(=O)(O)OCC(O)COP(=O)(O)OCC(COC(=O)CCCCCCCC/C=C\C/C=C\C/C=C\C/C=C\CC)OC(=O)CCCC/C=C\C/C=C\C/C=C\C/C=C\CC)OC(=O)CCCCC/C=C\C/C=C\C/C=C\C/C=C\C/C=C\CC. The van der Waals surface area contributed by atoms with E-state index in [0.717, 1.165) is 180 Å². The number of unbranched alkanes of at least 4 members (excludes halogenated alkanes) is 11. The molecule has 0 saturated carbocycles. The number of phosphoric ester groups is 2. The first-order valence-corrected chi connectivity index (χ1v) is 44.6.